The highest BCUT2D eigenvalue weighted by atomic mass is 35.5. The minimum Gasteiger partial charge on any atom is -0.384 e. The van der Waals surface area contributed by atoms with Crippen LogP contribution in [0.2, 0.25) is 5.02 Å². The van der Waals surface area contributed by atoms with Crippen molar-refractivity contribution in [3.05, 3.63) is 76.7 Å². The zero-order valence-corrected chi connectivity index (χ0v) is 11.2. The second kappa shape index (κ2) is 5.19. The average molecular weight is 288 g/mol. The van der Waals surface area contributed by atoms with Gasteiger partial charge in [-0.15, -0.1) is 0 Å². The molecule has 1 aromatic heterocycles. The normalized spacial score (nSPS) is 12.6. The molecule has 1 atom stereocenters. The number of pyridine rings is 1. The molecule has 0 aliphatic heterocycles. The number of aliphatic hydroxyl groups excluding tert-OH is 1. The number of fused-ring (bicyclic) bond motifs is 1. The van der Waals surface area contributed by atoms with Gasteiger partial charge in [-0.1, -0.05) is 41.9 Å². The van der Waals surface area contributed by atoms with Gasteiger partial charge in [-0.25, -0.2) is 4.39 Å². The molecule has 4 heteroatoms. The highest BCUT2D eigenvalue weighted by Gasteiger charge is 2.15. The molecule has 0 saturated heterocycles. The number of hydrogen-bond donors (Lipinski definition) is 1. The predicted octanol–water partition coefficient (Wildman–Crippen LogP) is 4.11. The summed E-state index contributed by atoms with van der Waals surface area (Å²) in [4.78, 5) is 4.29. The van der Waals surface area contributed by atoms with Gasteiger partial charge >= 0.3 is 0 Å². The minimum atomic E-state index is -0.944. The van der Waals surface area contributed by atoms with Crippen LogP contribution < -0.4 is 0 Å². The van der Waals surface area contributed by atoms with Crippen molar-refractivity contribution in [3.8, 4) is 0 Å². The smallest absolute Gasteiger partial charge is 0.142 e. The largest absolute Gasteiger partial charge is 0.384 e. The molecule has 2 nitrogen and oxygen atoms in total. The zero-order chi connectivity index (χ0) is 14.1. The van der Waals surface area contributed by atoms with Crippen LogP contribution in [0.25, 0.3) is 10.9 Å². The molecular formula is C16H11ClFNO. The van der Waals surface area contributed by atoms with E-state index >= 15 is 0 Å². The molecule has 0 amide bonds. The maximum absolute atomic E-state index is 13.5. The van der Waals surface area contributed by atoms with Crippen molar-refractivity contribution >= 4 is 22.5 Å². The molecule has 1 unspecified atom stereocenters. The predicted molar refractivity (Wildman–Crippen MR) is 77.2 cm³/mol. The highest BCUT2D eigenvalue weighted by Crippen LogP contribution is 2.29. The number of benzene rings is 2. The Bertz CT molecular complexity index is 770. The van der Waals surface area contributed by atoms with Gasteiger partial charge in [-0.2, -0.15) is 0 Å². The summed E-state index contributed by atoms with van der Waals surface area (Å²) < 4.78 is 13.5. The molecule has 3 aromatic rings. The van der Waals surface area contributed by atoms with Gasteiger partial charge in [0.25, 0.3) is 0 Å². The second-order valence-corrected chi connectivity index (χ2v) is 4.91. The lowest BCUT2D eigenvalue weighted by atomic mass is 9.99. The van der Waals surface area contributed by atoms with Gasteiger partial charge in [-0.3, -0.25) is 4.98 Å². The monoisotopic (exact) mass is 287 g/mol. The Balaban J connectivity index is 2.12. The van der Waals surface area contributed by atoms with Crippen LogP contribution in [-0.4, -0.2) is 10.1 Å². The summed E-state index contributed by atoms with van der Waals surface area (Å²) >= 11 is 5.66. The summed E-state index contributed by atoms with van der Waals surface area (Å²) in [6, 6.07) is 13.6. The lowest BCUT2D eigenvalue weighted by Gasteiger charge is -2.14. The van der Waals surface area contributed by atoms with E-state index in [0.29, 0.717) is 16.6 Å². The molecule has 0 bridgehead atoms. The van der Waals surface area contributed by atoms with E-state index in [9.17, 15) is 9.50 Å². The van der Waals surface area contributed by atoms with Crippen LogP contribution in [0.15, 0.2) is 54.7 Å². The topological polar surface area (TPSA) is 33.1 Å². The third-order valence-corrected chi connectivity index (χ3v) is 3.52. The molecule has 100 valence electrons. The Labute approximate surface area is 120 Å². The van der Waals surface area contributed by atoms with Crippen LogP contribution in [0.4, 0.5) is 4.39 Å². The van der Waals surface area contributed by atoms with Gasteiger partial charge in [0.1, 0.15) is 11.9 Å². The third-order valence-electron chi connectivity index (χ3n) is 3.22. The maximum Gasteiger partial charge on any atom is 0.142 e. The van der Waals surface area contributed by atoms with E-state index in [1.54, 1.807) is 18.3 Å². The fourth-order valence-corrected chi connectivity index (χ4v) is 2.33. The van der Waals surface area contributed by atoms with E-state index in [1.807, 2.05) is 24.3 Å². The molecule has 0 aliphatic carbocycles. The van der Waals surface area contributed by atoms with Crippen LogP contribution in [0.5, 0.6) is 0 Å². The molecule has 1 N–H and O–H groups in total. The molecule has 0 saturated carbocycles. The molecule has 20 heavy (non-hydrogen) atoms. The molecule has 0 spiro atoms. The molecule has 0 radical (unpaired) electrons. The van der Waals surface area contributed by atoms with Crippen molar-refractivity contribution in [1.82, 2.24) is 4.98 Å². The Morgan fingerprint density at radius 1 is 1.10 bits per heavy atom. The maximum atomic E-state index is 13.5. The molecule has 3 rings (SSSR count). The Kier molecular flexibility index (Phi) is 3.38. The molecule has 1 heterocycles. The van der Waals surface area contributed by atoms with Crippen molar-refractivity contribution < 1.29 is 9.50 Å². The number of para-hydroxylation sites is 1. The summed E-state index contributed by atoms with van der Waals surface area (Å²) in [6.45, 7) is 0. The lowest BCUT2D eigenvalue weighted by Crippen LogP contribution is -2.02. The number of hydrogen-bond acceptors (Lipinski definition) is 2. The summed E-state index contributed by atoms with van der Waals surface area (Å²) in [5, 5.41) is 11.4. The number of nitrogens with zero attached hydrogens (tertiary/aromatic N) is 1. The summed E-state index contributed by atoms with van der Waals surface area (Å²) in [7, 11) is 0. The standard InChI is InChI=1S/C16H11ClFNO/c17-13-7-6-11(9-14(13)18)16(20)12-5-1-3-10-4-2-8-19-15(10)12/h1-9,16,20H. The quantitative estimate of drug-likeness (QED) is 0.769. The average Bonchev–Trinajstić information content (AvgIpc) is 2.49. The van der Waals surface area contributed by atoms with Crippen LogP contribution in [0.3, 0.4) is 0 Å². The molecule has 0 fully saturated rings. The van der Waals surface area contributed by atoms with E-state index in [1.165, 1.54) is 12.1 Å². The van der Waals surface area contributed by atoms with Gasteiger partial charge in [-0.05, 0) is 23.8 Å². The third kappa shape index (κ3) is 2.26. The van der Waals surface area contributed by atoms with Crippen molar-refractivity contribution in [2.75, 3.05) is 0 Å². The van der Waals surface area contributed by atoms with E-state index in [-0.39, 0.29) is 5.02 Å². The van der Waals surface area contributed by atoms with Gasteiger partial charge in [0.2, 0.25) is 0 Å². The number of rotatable bonds is 2. The summed E-state index contributed by atoms with van der Waals surface area (Å²) in [5.41, 5.74) is 1.80. The van der Waals surface area contributed by atoms with Crippen LogP contribution in [-0.2, 0) is 0 Å². The van der Waals surface area contributed by atoms with Gasteiger partial charge in [0.05, 0.1) is 10.5 Å². The summed E-state index contributed by atoms with van der Waals surface area (Å²) in [5.74, 6) is -0.545. The van der Waals surface area contributed by atoms with Gasteiger partial charge in [0, 0.05) is 17.1 Å². The van der Waals surface area contributed by atoms with Crippen LogP contribution in [0.1, 0.15) is 17.2 Å². The van der Waals surface area contributed by atoms with Crippen molar-refractivity contribution in [1.29, 1.82) is 0 Å². The molecular weight excluding hydrogens is 277 g/mol. The zero-order valence-electron chi connectivity index (χ0n) is 10.4. The SMILES string of the molecule is OC(c1ccc(Cl)c(F)c1)c1cccc2cccnc12. The number of aliphatic hydroxyl groups is 1. The highest BCUT2D eigenvalue weighted by molar-refractivity contribution is 6.30. The fraction of sp³-hybridized carbons (Fsp3) is 0.0625. The van der Waals surface area contributed by atoms with E-state index < -0.39 is 11.9 Å². The molecule has 2 aromatic carbocycles. The van der Waals surface area contributed by atoms with Crippen molar-refractivity contribution in [3.63, 3.8) is 0 Å². The van der Waals surface area contributed by atoms with Crippen LogP contribution >= 0.6 is 11.6 Å². The van der Waals surface area contributed by atoms with Crippen LogP contribution in [0, 0.1) is 5.82 Å². The minimum absolute atomic E-state index is 0.0389. The van der Waals surface area contributed by atoms with Crippen molar-refractivity contribution in [2.24, 2.45) is 0 Å². The summed E-state index contributed by atoms with van der Waals surface area (Å²) in [6.07, 6.45) is 0.724. The first kappa shape index (κ1) is 13.0. The Morgan fingerprint density at radius 2 is 1.90 bits per heavy atom. The fourth-order valence-electron chi connectivity index (χ4n) is 2.21. The Hall–Kier alpha value is -1.97. The van der Waals surface area contributed by atoms with Crippen molar-refractivity contribution in [2.45, 2.75) is 6.10 Å². The Morgan fingerprint density at radius 3 is 2.70 bits per heavy atom. The van der Waals surface area contributed by atoms with E-state index in [4.69, 9.17) is 11.6 Å². The molecule has 0 aliphatic rings. The first-order valence-corrected chi connectivity index (χ1v) is 6.51. The number of halogens is 2. The van der Waals surface area contributed by atoms with Gasteiger partial charge in [0.15, 0.2) is 0 Å². The first-order valence-electron chi connectivity index (χ1n) is 6.13. The number of aromatic nitrogens is 1. The van der Waals surface area contributed by atoms with E-state index in [0.717, 1.165) is 5.39 Å². The second-order valence-electron chi connectivity index (χ2n) is 4.50. The van der Waals surface area contributed by atoms with Gasteiger partial charge < -0.3 is 5.11 Å². The lowest BCUT2D eigenvalue weighted by molar-refractivity contribution is 0.221. The van der Waals surface area contributed by atoms with E-state index in [2.05, 4.69) is 4.98 Å². The first-order chi connectivity index (χ1) is 9.66.